The summed E-state index contributed by atoms with van der Waals surface area (Å²) >= 11 is 3.07. The average molecular weight is 345 g/mol. The predicted molar refractivity (Wildman–Crippen MR) is 74.9 cm³/mol. The van der Waals surface area contributed by atoms with Crippen molar-refractivity contribution in [2.24, 2.45) is 0 Å². The van der Waals surface area contributed by atoms with Crippen LogP contribution in [-0.2, 0) is 9.53 Å². The number of nitrogens with one attached hydrogen (secondary N) is 1. The number of ether oxygens (including phenoxy) is 1. The number of hydrogen-bond donors (Lipinski definition) is 1. The molecule has 0 heterocycles. The molecule has 0 aliphatic carbocycles. The Labute approximate surface area is 123 Å². The highest BCUT2D eigenvalue weighted by Gasteiger charge is 2.18. The van der Waals surface area contributed by atoms with Crippen LogP contribution in [0.5, 0.6) is 0 Å². The van der Waals surface area contributed by atoms with Gasteiger partial charge in [-0.2, -0.15) is 0 Å². The first-order valence-corrected chi connectivity index (χ1v) is 6.53. The lowest BCUT2D eigenvalue weighted by Gasteiger charge is -2.09. The minimum absolute atomic E-state index is 0.0468. The van der Waals surface area contributed by atoms with E-state index in [1.165, 1.54) is 25.3 Å². The van der Waals surface area contributed by atoms with Crippen molar-refractivity contribution in [1.29, 1.82) is 0 Å². The molecule has 0 saturated carbocycles. The van der Waals surface area contributed by atoms with Gasteiger partial charge in [-0.25, -0.2) is 0 Å². The molecule has 108 valence electrons. The van der Waals surface area contributed by atoms with Gasteiger partial charge < -0.3 is 10.1 Å². The molecule has 0 aliphatic rings. The normalized spacial score (nSPS) is 11.6. The smallest absolute Gasteiger partial charge is 0.321 e. The van der Waals surface area contributed by atoms with Crippen molar-refractivity contribution < 1.29 is 19.2 Å². The molecule has 8 heteroatoms. The fourth-order valence-corrected chi connectivity index (χ4v) is 1.85. The molecule has 0 bridgehead atoms. The number of alkyl halides is 1. The highest BCUT2D eigenvalue weighted by Crippen LogP contribution is 2.18. The summed E-state index contributed by atoms with van der Waals surface area (Å²) in [6, 6.07) is 4.06. The molecule has 1 rings (SSSR count). The van der Waals surface area contributed by atoms with Crippen LogP contribution in [0.1, 0.15) is 15.9 Å². The van der Waals surface area contributed by atoms with Gasteiger partial charge in [-0.1, -0.05) is 15.9 Å². The Morgan fingerprint density at radius 3 is 2.65 bits per heavy atom. The Kier molecular flexibility index (Phi) is 5.63. The number of carbonyl (C=O) groups excluding carboxylic acids is 2. The number of methoxy groups -OCH3 is 1. The van der Waals surface area contributed by atoms with E-state index in [1.54, 1.807) is 6.92 Å². The van der Waals surface area contributed by atoms with Gasteiger partial charge in [-0.05, 0) is 19.1 Å². The van der Waals surface area contributed by atoms with E-state index >= 15 is 0 Å². The molecule has 1 atom stereocenters. The predicted octanol–water partition coefficient (Wildman–Crippen LogP) is 1.57. The van der Waals surface area contributed by atoms with Crippen molar-refractivity contribution in [3.63, 3.8) is 0 Å². The van der Waals surface area contributed by atoms with Crippen LogP contribution < -0.4 is 5.32 Å². The fourth-order valence-electron chi connectivity index (χ4n) is 1.50. The van der Waals surface area contributed by atoms with Crippen molar-refractivity contribution in [3.05, 3.63) is 39.4 Å². The summed E-state index contributed by atoms with van der Waals surface area (Å²) in [6.07, 6.45) is 0. The number of amides is 1. The second kappa shape index (κ2) is 6.99. The highest BCUT2D eigenvalue weighted by atomic mass is 79.9. The molecule has 1 aromatic rings. The van der Waals surface area contributed by atoms with Crippen LogP contribution in [0.4, 0.5) is 5.69 Å². The monoisotopic (exact) mass is 344 g/mol. The fraction of sp³-hybridized carbons (Fsp3) is 0.333. The summed E-state index contributed by atoms with van der Waals surface area (Å²) in [5.41, 5.74) is 0.637. The van der Waals surface area contributed by atoms with Gasteiger partial charge in [0.15, 0.2) is 0 Å². The van der Waals surface area contributed by atoms with Crippen LogP contribution in [0.3, 0.4) is 0 Å². The second-order valence-electron chi connectivity index (χ2n) is 3.96. The minimum atomic E-state index is -0.643. The summed E-state index contributed by atoms with van der Waals surface area (Å²) in [6.45, 7) is 1.61. The number of nitro benzene ring substituents is 1. The molecule has 1 amide bonds. The lowest BCUT2D eigenvalue weighted by molar-refractivity contribution is -0.385. The number of nitro groups is 1. The number of nitrogens with zero attached hydrogens (tertiary/aromatic N) is 1. The summed E-state index contributed by atoms with van der Waals surface area (Å²) in [5.74, 6) is -0.915. The van der Waals surface area contributed by atoms with E-state index in [9.17, 15) is 19.7 Å². The number of esters is 1. The van der Waals surface area contributed by atoms with E-state index in [0.717, 1.165) is 0 Å². The molecule has 1 unspecified atom stereocenters. The lowest BCUT2D eigenvalue weighted by atomic mass is 10.1. The van der Waals surface area contributed by atoms with Gasteiger partial charge in [0.2, 0.25) is 0 Å². The van der Waals surface area contributed by atoms with Gasteiger partial charge in [0, 0.05) is 23.7 Å². The van der Waals surface area contributed by atoms with E-state index in [-0.39, 0.29) is 17.8 Å². The Bertz CT molecular complexity index is 547. The number of aryl methyl sites for hydroxylation is 1. The largest absolute Gasteiger partial charge is 0.468 e. The second-order valence-corrected chi connectivity index (χ2v) is 5.06. The van der Waals surface area contributed by atoms with Crippen molar-refractivity contribution in [2.45, 2.75) is 11.8 Å². The molecule has 7 nitrogen and oxygen atoms in total. The van der Waals surface area contributed by atoms with Gasteiger partial charge in [0.1, 0.15) is 4.83 Å². The van der Waals surface area contributed by atoms with E-state index in [1.807, 2.05) is 0 Å². The van der Waals surface area contributed by atoms with Gasteiger partial charge in [-0.15, -0.1) is 0 Å². The zero-order chi connectivity index (χ0) is 15.3. The number of carbonyl (C=O) groups is 2. The molecule has 0 aromatic heterocycles. The maximum Gasteiger partial charge on any atom is 0.321 e. The van der Waals surface area contributed by atoms with Gasteiger partial charge in [0.25, 0.3) is 11.6 Å². The van der Waals surface area contributed by atoms with Crippen LogP contribution >= 0.6 is 15.9 Å². The van der Waals surface area contributed by atoms with Gasteiger partial charge >= 0.3 is 5.97 Å². The minimum Gasteiger partial charge on any atom is -0.468 e. The standard InChI is InChI=1S/C12H13BrN2O5/c1-7-5-8(3-4-10(7)15(18)19)11(16)14-6-9(13)12(17)20-2/h3-5,9H,6H2,1-2H3,(H,14,16). The maximum absolute atomic E-state index is 11.8. The number of halogens is 1. The third-order valence-corrected chi connectivity index (χ3v) is 3.25. The summed E-state index contributed by atoms with van der Waals surface area (Å²) in [5, 5.41) is 13.2. The number of benzene rings is 1. The third-order valence-electron chi connectivity index (χ3n) is 2.55. The molecule has 0 fully saturated rings. The Balaban J connectivity index is 2.71. The highest BCUT2D eigenvalue weighted by molar-refractivity contribution is 9.10. The quantitative estimate of drug-likeness (QED) is 0.378. The zero-order valence-electron chi connectivity index (χ0n) is 10.9. The SMILES string of the molecule is COC(=O)C(Br)CNC(=O)c1ccc([N+](=O)[O-])c(C)c1. The summed E-state index contributed by atoms with van der Waals surface area (Å²) < 4.78 is 4.50. The van der Waals surface area contributed by atoms with Crippen molar-refractivity contribution >= 4 is 33.5 Å². The Hall–Kier alpha value is -1.96. The van der Waals surface area contributed by atoms with Crippen LogP contribution in [0.15, 0.2) is 18.2 Å². The number of hydrogen-bond acceptors (Lipinski definition) is 5. The van der Waals surface area contributed by atoms with Crippen LogP contribution in [0.2, 0.25) is 0 Å². The summed E-state index contributed by atoms with van der Waals surface area (Å²) in [4.78, 5) is 32.5. The van der Waals surface area contributed by atoms with E-state index in [4.69, 9.17) is 0 Å². The first kappa shape index (κ1) is 16.1. The topological polar surface area (TPSA) is 98.5 Å². The average Bonchev–Trinajstić information content (AvgIpc) is 2.42. The van der Waals surface area contributed by atoms with Crippen LogP contribution in [-0.4, -0.2) is 35.3 Å². The Morgan fingerprint density at radius 1 is 1.50 bits per heavy atom. The van der Waals surface area contributed by atoms with Crippen molar-refractivity contribution in [3.8, 4) is 0 Å². The molecular weight excluding hydrogens is 332 g/mol. The Morgan fingerprint density at radius 2 is 2.15 bits per heavy atom. The summed E-state index contributed by atoms with van der Waals surface area (Å²) in [7, 11) is 1.25. The molecule has 0 aliphatic heterocycles. The van der Waals surface area contributed by atoms with Crippen molar-refractivity contribution in [2.75, 3.05) is 13.7 Å². The van der Waals surface area contributed by atoms with Crippen molar-refractivity contribution in [1.82, 2.24) is 5.32 Å². The molecule has 1 aromatic carbocycles. The van der Waals surface area contributed by atoms with Gasteiger partial charge in [0.05, 0.1) is 12.0 Å². The van der Waals surface area contributed by atoms with Gasteiger partial charge in [-0.3, -0.25) is 19.7 Å². The molecule has 1 N–H and O–H groups in total. The maximum atomic E-state index is 11.8. The number of rotatable bonds is 5. The van der Waals surface area contributed by atoms with E-state index < -0.39 is 21.6 Å². The molecule has 0 spiro atoms. The van der Waals surface area contributed by atoms with E-state index in [2.05, 4.69) is 26.0 Å². The molecule has 0 saturated heterocycles. The zero-order valence-corrected chi connectivity index (χ0v) is 12.5. The molecular formula is C12H13BrN2O5. The first-order chi connectivity index (χ1) is 9.36. The third kappa shape index (κ3) is 4.02. The van der Waals surface area contributed by atoms with E-state index in [0.29, 0.717) is 5.56 Å². The lowest BCUT2D eigenvalue weighted by Crippen LogP contribution is -2.33. The molecule has 20 heavy (non-hydrogen) atoms. The van der Waals surface area contributed by atoms with Crippen LogP contribution in [0, 0.1) is 17.0 Å². The first-order valence-electron chi connectivity index (χ1n) is 5.62. The molecule has 0 radical (unpaired) electrons. The van der Waals surface area contributed by atoms with Crippen LogP contribution in [0.25, 0.3) is 0 Å².